The van der Waals surface area contributed by atoms with Gasteiger partial charge in [0.05, 0.1) is 17.0 Å². The molecule has 176 valence electrons. The molecule has 1 N–H and O–H groups in total. The lowest BCUT2D eigenvalue weighted by Gasteiger charge is -2.21. The predicted molar refractivity (Wildman–Crippen MR) is 125 cm³/mol. The van der Waals surface area contributed by atoms with E-state index in [1.807, 2.05) is 42.6 Å². The molecule has 0 radical (unpaired) electrons. The lowest BCUT2D eigenvalue weighted by atomic mass is 10.2. The number of halogens is 3. The van der Waals surface area contributed by atoms with Gasteiger partial charge in [0.15, 0.2) is 11.0 Å². The molecule has 0 fully saturated rings. The fraction of sp³-hybridized carbons (Fsp3) is 0.318. The normalized spacial score (nSPS) is 13.2. The van der Waals surface area contributed by atoms with Gasteiger partial charge in [0.2, 0.25) is 5.91 Å². The van der Waals surface area contributed by atoms with Crippen molar-refractivity contribution in [2.24, 2.45) is 0 Å². The molecule has 3 rings (SSSR count). The van der Waals surface area contributed by atoms with Gasteiger partial charge in [-0.25, -0.2) is 0 Å². The number of alkyl halides is 2. The zero-order valence-electron chi connectivity index (χ0n) is 18.5. The van der Waals surface area contributed by atoms with Crippen molar-refractivity contribution in [3.63, 3.8) is 0 Å². The van der Waals surface area contributed by atoms with Crippen molar-refractivity contribution in [2.45, 2.75) is 36.9 Å². The third-order valence-electron chi connectivity index (χ3n) is 4.90. The Kier molecular flexibility index (Phi) is 8.28. The van der Waals surface area contributed by atoms with Crippen LogP contribution in [0.3, 0.4) is 0 Å². The minimum absolute atomic E-state index is 0.0509. The zero-order chi connectivity index (χ0) is 24.1. The summed E-state index contributed by atoms with van der Waals surface area (Å²) >= 11 is 7.25. The van der Waals surface area contributed by atoms with Gasteiger partial charge >= 0.3 is 6.61 Å². The van der Waals surface area contributed by atoms with Gasteiger partial charge in [0, 0.05) is 10.7 Å². The fourth-order valence-corrected chi connectivity index (χ4v) is 3.91. The number of para-hydroxylation sites is 2. The van der Waals surface area contributed by atoms with Crippen molar-refractivity contribution >= 4 is 35.0 Å². The second-order valence-electron chi connectivity index (χ2n) is 7.42. The van der Waals surface area contributed by atoms with Crippen LogP contribution in [-0.2, 0) is 4.79 Å². The second kappa shape index (κ2) is 11.0. The van der Waals surface area contributed by atoms with Crippen LogP contribution in [0.1, 0.15) is 25.7 Å². The molecule has 1 amide bonds. The average molecular weight is 496 g/mol. The van der Waals surface area contributed by atoms with Crippen molar-refractivity contribution in [3.8, 4) is 11.4 Å². The number of nitrogens with one attached hydrogen (secondary N) is 1. The Morgan fingerprint density at radius 2 is 1.79 bits per heavy atom. The highest BCUT2D eigenvalue weighted by Gasteiger charge is 2.25. The van der Waals surface area contributed by atoms with E-state index in [-0.39, 0.29) is 17.5 Å². The molecule has 0 aliphatic carbocycles. The van der Waals surface area contributed by atoms with Crippen LogP contribution < -0.4 is 10.1 Å². The number of nitrogens with zero attached hydrogens (tertiary/aromatic N) is 4. The summed E-state index contributed by atoms with van der Waals surface area (Å²) in [6.07, 6.45) is 0. The Morgan fingerprint density at radius 3 is 2.42 bits per heavy atom. The molecule has 0 bridgehead atoms. The third kappa shape index (κ3) is 6.21. The van der Waals surface area contributed by atoms with E-state index in [0.717, 1.165) is 5.69 Å². The quantitative estimate of drug-likeness (QED) is 0.408. The van der Waals surface area contributed by atoms with E-state index in [2.05, 4.69) is 20.3 Å². The molecule has 11 heteroatoms. The number of thioether (sulfide) groups is 1. The Morgan fingerprint density at radius 1 is 1.12 bits per heavy atom. The summed E-state index contributed by atoms with van der Waals surface area (Å²) in [5, 5.41) is 11.8. The molecule has 7 nitrogen and oxygen atoms in total. The van der Waals surface area contributed by atoms with E-state index < -0.39 is 17.8 Å². The zero-order valence-corrected chi connectivity index (χ0v) is 20.1. The van der Waals surface area contributed by atoms with Gasteiger partial charge in [0.1, 0.15) is 5.75 Å². The van der Waals surface area contributed by atoms with Gasteiger partial charge in [-0.15, -0.1) is 10.2 Å². The van der Waals surface area contributed by atoms with Crippen LogP contribution in [0.5, 0.6) is 5.75 Å². The number of carbonyl (C=O) groups is 1. The molecular formula is C22H24ClF2N5O2S. The number of hydrogen-bond acceptors (Lipinski definition) is 6. The van der Waals surface area contributed by atoms with Crippen LogP contribution in [0.15, 0.2) is 53.7 Å². The van der Waals surface area contributed by atoms with Crippen molar-refractivity contribution in [2.75, 3.05) is 19.4 Å². The summed E-state index contributed by atoms with van der Waals surface area (Å²) in [6, 6.07) is 13.2. The minimum atomic E-state index is -3.00. The molecule has 2 aromatic carbocycles. The summed E-state index contributed by atoms with van der Waals surface area (Å²) in [5.74, 6) is 0.204. The summed E-state index contributed by atoms with van der Waals surface area (Å²) in [7, 11) is 3.88. The Balaban J connectivity index is 1.85. The Hall–Kier alpha value is -2.69. The minimum Gasteiger partial charge on any atom is -0.433 e. The van der Waals surface area contributed by atoms with Crippen LogP contribution >= 0.6 is 23.4 Å². The molecular weight excluding hydrogens is 472 g/mol. The summed E-state index contributed by atoms with van der Waals surface area (Å²) < 4.78 is 31.7. The topological polar surface area (TPSA) is 72.3 Å². The first-order chi connectivity index (χ1) is 15.7. The highest BCUT2D eigenvalue weighted by atomic mass is 35.5. The van der Waals surface area contributed by atoms with E-state index >= 15 is 0 Å². The lowest BCUT2D eigenvalue weighted by molar-refractivity contribution is -0.115. The van der Waals surface area contributed by atoms with E-state index in [1.165, 1.54) is 23.9 Å². The first-order valence-corrected chi connectivity index (χ1v) is 11.3. The predicted octanol–water partition coefficient (Wildman–Crippen LogP) is 5.26. The van der Waals surface area contributed by atoms with Crippen molar-refractivity contribution in [1.29, 1.82) is 0 Å². The third-order valence-corrected chi connectivity index (χ3v) is 6.20. The van der Waals surface area contributed by atoms with Gasteiger partial charge in [-0.05, 0) is 64.3 Å². The van der Waals surface area contributed by atoms with Crippen molar-refractivity contribution in [1.82, 2.24) is 19.7 Å². The smallest absolute Gasteiger partial charge is 0.387 e. The molecule has 0 spiro atoms. The Labute approximate surface area is 200 Å². The number of anilines is 1. The van der Waals surface area contributed by atoms with Crippen LogP contribution in [0.25, 0.3) is 5.69 Å². The van der Waals surface area contributed by atoms with E-state index in [9.17, 15) is 13.6 Å². The molecule has 2 unspecified atom stereocenters. The highest BCUT2D eigenvalue weighted by molar-refractivity contribution is 8.00. The van der Waals surface area contributed by atoms with E-state index in [1.54, 1.807) is 31.2 Å². The molecule has 1 aromatic heterocycles. The highest BCUT2D eigenvalue weighted by Crippen LogP contribution is 2.31. The van der Waals surface area contributed by atoms with Gasteiger partial charge in [-0.3, -0.25) is 14.3 Å². The number of hydrogen-bond donors (Lipinski definition) is 1. The second-order valence-corrected chi connectivity index (χ2v) is 9.16. The van der Waals surface area contributed by atoms with Gasteiger partial charge in [0.25, 0.3) is 0 Å². The van der Waals surface area contributed by atoms with Crippen LogP contribution in [-0.4, -0.2) is 51.5 Å². The maximum Gasteiger partial charge on any atom is 0.387 e. The Bertz CT molecular complexity index is 1090. The van der Waals surface area contributed by atoms with Gasteiger partial charge < -0.3 is 10.1 Å². The number of rotatable bonds is 9. The van der Waals surface area contributed by atoms with Crippen molar-refractivity contribution < 1.29 is 18.3 Å². The number of carbonyl (C=O) groups excluding carboxylic acids is 1. The largest absolute Gasteiger partial charge is 0.433 e. The molecule has 3 aromatic rings. The number of aromatic nitrogens is 3. The first-order valence-electron chi connectivity index (χ1n) is 10.1. The molecule has 33 heavy (non-hydrogen) atoms. The van der Waals surface area contributed by atoms with Crippen LogP contribution in [0, 0.1) is 0 Å². The van der Waals surface area contributed by atoms with Crippen LogP contribution in [0.2, 0.25) is 5.02 Å². The van der Waals surface area contributed by atoms with Crippen LogP contribution in [0.4, 0.5) is 14.5 Å². The number of amides is 1. The molecule has 1 heterocycles. The SMILES string of the molecule is CC(Sc1nnc(C(C)N(C)C)n1-c1ccc(Cl)cc1)C(=O)Nc1ccccc1OC(F)F. The summed E-state index contributed by atoms with van der Waals surface area (Å²) in [4.78, 5) is 14.8. The fourth-order valence-electron chi connectivity index (χ4n) is 2.91. The van der Waals surface area contributed by atoms with Crippen molar-refractivity contribution in [3.05, 3.63) is 59.4 Å². The summed E-state index contributed by atoms with van der Waals surface area (Å²) in [5.41, 5.74) is 0.968. The number of ether oxygens (including phenoxy) is 1. The van der Waals surface area contributed by atoms with E-state index in [0.29, 0.717) is 16.0 Å². The van der Waals surface area contributed by atoms with E-state index in [4.69, 9.17) is 11.6 Å². The summed E-state index contributed by atoms with van der Waals surface area (Å²) in [6.45, 7) is 0.706. The lowest BCUT2D eigenvalue weighted by Crippen LogP contribution is -2.24. The molecule has 0 saturated heterocycles. The van der Waals surface area contributed by atoms with Gasteiger partial charge in [-0.2, -0.15) is 8.78 Å². The number of benzene rings is 2. The van der Waals surface area contributed by atoms with Gasteiger partial charge in [-0.1, -0.05) is 35.5 Å². The monoisotopic (exact) mass is 495 g/mol. The maximum absolute atomic E-state index is 12.8. The molecule has 0 saturated carbocycles. The molecule has 0 aliphatic rings. The first kappa shape index (κ1) is 24.9. The molecule has 0 aliphatic heterocycles. The standard InChI is InChI=1S/C22H24ClF2N5O2S/c1-13(29(3)4)19-27-28-22(30(19)16-11-9-15(23)10-12-16)33-14(2)20(31)26-17-7-5-6-8-18(17)32-21(24)25/h5-14,21H,1-4H3,(H,26,31). The molecule has 2 atom stereocenters. The average Bonchev–Trinajstić information content (AvgIpc) is 3.17. The maximum atomic E-state index is 12.8.